The second-order valence-corrected chi connectivity index (χ2v) is 22.0. The summed E-state index contributed by atoms with van der Waals surface area (Å²) in [6.45, 7) is 22.4. The van der Waals surface area contributed by atoms with Crippen LogP contribution in [0.5, 0.6) is 0 Å². The van der Waals surface area contributed by atoms with Gasteiger partial charge in [0.15, 0.2) is 28.0 Å². The number of carbonyl (C=O) groups excluding carboxylic acids is 1. The van der Waals surface area contributed by atoms with Gasteiger partial charge in [-0.1, -0.05) is 41.5 Å². The molecule has 1 heterocycles. The van der Waals surface area contributed by atoms with E-state index in [2.05, 4.69) is 83.7 Å². The van der Waals surface area contributed by atoms with Gasteiger partial charge in [0, 0.05) is 0 Å². The molecule has 0 saturated heterocycles. The minimum atomic E-state index is -2.10. The van der Waals surface area contributed by atoms with Crippen LogP contribution in [0.15, 0.2) is 34.5 Å². The van der Waals surface area contributed by atoms with Gasteiger partial charge in [0.2, 0.25) is 0 Å². The third-order valence-corrected chi connectivity index (χ3v) is 16.7. The van der Waals surface area contributed by atoms with Crippen molar-refractivity contribution in [3.05, 3.63) is 34.5 Å². The lowest BCUT2D eigenvalue weighted by atomic mass is 9.95. The molecule has 31 heavy (non-hydrogen) atoms. The van der Waals surface area contributed by atoms with Crippen molar-refractivity contribution < 1.29 is 23.5 Å². The zero-order valence-corrected chi connectivity index (χ0v) is 24.2. The van der Waals surface area contributed by atoms with Gasteiger partial charge >= 0.3 is 0 Å². The molecule has 2 rings (SSSR count). The summed E-state index contributed by atoms with van der Waals surface area (Å²) in [5.41, 5.74) is -1.49. The van der Waals surface area contributed by atoms with Crippen molar-refractivity contribution in [3.63, 3.8) is 0 Å². The number of ketones is 1. The second-order valence-electron chi connectivity index (χ2n) is 11.6. The van der Waals surface area contributed by atoms with Gasteiger partial charge in [0.25, 0.3) is 0 Å². The Balaban J connectivity index is 2.33. The molecule has 176 valence electrons. The first-order chi connectivity index (χ1) is 13.8. The van der Waals surface area contributed by atoms with E-state index in [0.29, 0.717) is 16.8 Å². The number of hydrogen-bond acceptors (Lipinski definition) is 5. The van der Waals surface area contributed by atoms with Crippen LogP contribution in [0.4, 0.5) is 0 Å². The summed E-state index contributed by atoms with van der Waals surface area (Å²) < 4.78 is 19.7. The van der Waals surface area contributed by atoms with E-state index in [0.717, 1.165) is 0 Å². The number of halogens is 1. The monoisotopic (exact) mass is 530 g/mol. The van der Waals surface area contributed by atoms with Crippen LogP contribution in [-0.2, 0) is 18.4 Å². The molecule has 0 radical (unpaired) electrons. The topological polar surface area (TPSA) is 65.0 Å². The minimum Gasteiger partial charge on any atom is -0.486 e. The molecule has 0 aromatic rings. The molecule has 3 atom stereocenters. The Kier molecular flexibility index (Phi) is 7.49. The van der Waals surface area contributed by atoms with Crippen LogP contribution in [0.3, 0.4) is 0 Å². The molecule has 0 aromatic carbocycles. The Morgan fingerprint density at radius 3 is 2.13 bits per heavy atom. The molecule has 0 saturated carbocycles. The second kappa shape index (κ2) is 8.68. The van der Waals surface area contributed by atoms with Gasteiger partial charge < -0.3 is 18.7 Å². The Morgan fingerprint density at radius 1 is 1.10 bits per heavy atom. The largest absolute Gasteiger partial charge is 0.486 e. The lowest BCUT2D eigenvalue weighted by molar-refractivity contribution is -0.111. The maximum Gasteiger partial charge on any atom is 0.193 e. The zero-order chi connectivity index (χ0) is 24.0. The van der Waals surface area contributed by atoms with Crippen molar-refractivity contribution >= 4 is 38.3 Å². The van der Waals surface area contributed by atoms with Crippen molar-refractivity contribution in [2.24, 2.45) is 0 Å². The van der Waals surface area contributed by atoms with E-state index in [9.17, 15) is 9.90 Å². The van der Waals surface area contributed by atoms with Crippen molar-refractivity contribution in [3.8, 4) is 0 Å². The molecule has 2 aliphatic rings. The van der Waals surface area contributed by atoms with Crippen LogP contribution in [0.2, 0.25) is 36.3 Å². The van der Waals surface area contributed by atoms with Crippen LogP contribution < -0.4 is 0 Å². The number of carbonyl (C=O) groups is 1. The van der Waals surface area contributed by atoms with Gasteiger partial charge in [0.05, 0.1) is 11.1 Å². The molecular formula is C23H39BrO5Si2. The van der Waals surface area contributed by atoms with Crippen LogP contribution in [0.25, 0.3) is 0 Å². The van der Waals surface area contributed by atoms with Crippen LogP contribution in [0, 0.1) is 0 Å². The lowest BCUT2D eigenvalue weighted by Gasteiger charge is -2.40. The number of hydrogen-bond donors (Lipinski definition) is 1. The van der Waals surface area contributed by atoms with Crippen molar-refractivity contribution in [1.82, 2.24) is 0 Å². The van der Waals surface area contributed by atoms with Gasteiger partial charge in [-0.25, -0.2) is 0 Å². The molecule has 1 N–H and O–H groups in total. The average Bonchev–Trinajstić information content (AvgIpc) is 2.98. The fourth-order valence-electron chi connectivity index (χ4n) is 2.76. The Hall–Kier alpha value is -0.516. The molecule has 0 amide bonds. The maximum absolute atomic E-state index is 11.8. The molecule has 0 fully saturated rings. The number of aliphatic hydroxyl groups is 1. The molecule has 8 heteroatoms. The van der Waals surface area contributed by atoms with Crippen LogP contribution >= 0.6 is 15.9 Å². The van der Waals surface area contributed by atoms with Gasteiger partial charge in [-0.05, 0) is 76.5 Å². The Bertz CT molecular complexity index is 802. The predicted octanol–water partition coefficient (Wildman–Crippen LogP) is 5.83. The van der Waals surface area contributed by atoms with Gasteiger partial charge in [-0.3, -0.25) is 4.79 Å². The number of allylic oxidation sites excluding steroid dienone is 2. The fourth-order valence-corrected chi connectivity index (χ4v) is 5.51. The third kappa shape index (κ3) is 5.89. The molecule has 0 aromatic heterocycles. The number of rotatable bonds is 6. The van der Waals surface area contributed by atoms with E-state index in [4.69, 9.17) is 13.6 Å². The van der Waals surface area contributed by atoms with Gasteiger partial charge in [-0.2, -0.15) is 0 Å². The Morgan fingerprint density at radius 2 is 1.65 bits per heavy atom. The molecule has 0 spiro atoms. The third-order valence-electron chi connectivity index (χ3n) is 7.08. The van der Waals surface area contributed by atoms with E-state index < -0.39 is 22.2 Å². The SMILES string of the molecule is CC(C)(C)[Si](C)(C)OC[C@H]1OC(C2(O)C=CC(=O)C(Br)=C2)=C[C@@H]1O[Si](C)(C)C(C)(C)C. The summed E-state index contributed by atoms with van der Waals surface area (Å²) in [7, 11) is -4.08. The normalized spacial score (nSPS) is 27.8. The van der Waals surface area contributed by atoms with Crippen molar-refractivity contribution in [1.29, 1.82) is 0 Å². The van der Waals surface area contributed by atoms with E-state index in [1.807, 2.05) is 6.08 Å². The minimum absolute atomic E-state index is 0.0332. The summed E-state index contributed by atoms with van der Waals surface area (Å²) >= 11 is 3.23. The highest BCUT2D eigenvalue weighted by Gasteiger charge is 2.47. The standard InChI is InChI=1S/C23H39BrO5Si2/c1-21(2,3)30(7,8)27-15-19-18(29-31(9,10)22(4,5)6)13-20(28-19)23(26)12-11-17(25)16(24)14-23/h11-14,18-19,26H,15H2,1-10H3/t18-,19+,23?/m0/s1. The van der Waals surface area contributed by atoms with Crippen LogP contribution in [0.1, 0.15) is 41.5 Å². The summed E-state index contributed by atoms with van der Waals surface area (Å²) in [5.74, 6) is 0.191. The highest BCUT2D eigenvalue weighted by molar-refractivity contribution is 9.12. The van der Waals surface area contributed by atoms with Crippen molar-refractivity contribution in [2.75, 3.05) is 6.61 Å². The molecular weight excluding hydrogens is 492 g/mol. The first kappa shape index (κ1) is 26.7. The zero-order valence-electron chi connectivity index (χ0n) is 20.6. The highest BCUT2D eigenvalue weighted by atomic mass is 79.9. The van der Waals surface area contributed by atoms with E-state index >= 15 is 0 Å². The smallest absolute Gasteiger partial charge is 0.193 e. The highest BCUT2D eigenvalue weighted by Crippen LogP contribution is 2.42. The quantitative estimate of drug-likeness (QED) is 0.437. The summed E-state index contributed by atoms with van der Waals surface area (Å²) in [5, 5.41) is 11.3. The van der Waals surface area contributed by atoms with Crippen LogP contribution in [-0.4, -0.2) is 51.9 Å². The first-order valence-corrected chi connectivity index (χ1v) is 17.5. The van der Waals surface area contributed by atoms with E-state index in [-0.39, 0.29) is 28.1 Å². The molecule has 0 bridgehead atoms. The summed E-state index contributed by atoms with van der Waals surface area (Å²) in [6, 6.07) is 0. The average molecular weight is 532 g/mol. The van der Waals surface area contributed by atoms with Crippen molar-refractivity contribution in [2.45, 2.75) is 95.6 Å². The predicted molar refractivity (Wildman–Crippen MR) is 134 cm³/mol. The number of ether oxygens (including phenoxy) is 1. The van der Waals surface area contributed by atoms with E-state index in [1.54, 1.807) is 0 Å². The Labute approximate surface area is 198 Å². The molecule has 1 aliphatic heterocycles. The maximum atomic E-state index is 11.8. The van der Waals surface area contributed by atoms with E-state index in [1.165, 1.54) is 18.2 Å². The molecule has 1 aliphatic carbocycles. The fraction of sp³-hybridized carbons (Fsp3) is 0.696. The van der Waals surface area contributed by atoms with Gasteiger partial charge in [-0.15, -0.1) is 0 Å². The lowest BCUT2D eigenvalue weighted by Crippen LogP contribution is -2.48. The summed E-state index contributed by atoms with van der Waals surface area (Å²) in [6.07, 6.45) is 5.46. The summed E-state index contributed by atoms with van der Waals surface area (Å²) in [4.78, 5) is 11.8. The molecule has 5 nitrogen and oxygen atoms in total. The first-order valence-electron chi connectivity index (χ1n) is 10.8. The molecule has 1 unspecified atom stereocenters. The van der Waals surface area contributed by atoms with Gasteiger partial charge in [0.1, 0.15) is 18.0 Å².